The molecule has 0 radical (unpaired) electrons. The van der Waals surface area contributed by atoms with Gasteiger partial charge in [0.15, 0.2) is 5.78 Å². The molecule has 0 aliphatic rings. The average molecular weight is 313 g/mol. The molecule has 0 N–H and O–H groups in total. The highest BCUT2D eigenvalue weighted by Gasteiger charge is 2.36. The number of halogens is 1. The van der Waals surface area contributed by atoms with Crippen LogP contribution in [0.25, 0.3) is 0 Å². The van der Waals surface area contributed by atoms with Gasteiger partial charge in [-0.05, 0) is 55.0 Å². The van der Waals surface area contributed by atoms with Crippen molar-refractivity contribution in [3.63, 3.8) is 0 Å². The van der Waals surface area contributed by atoms with Gasteiger partial charge in [-0.1, -0.05) is 13.8 Å². The van der Waals surface area contributed by atoms with E-state index in [1.807, 2.05) is 31.1 Å². The number of likely N-dealkylation sites (N-methyl/N-ethyl adjacent to an activating group) is 1. The summed E-state index contributed by atoms with van der Waals surface area (Å²) in [5.41, 5.74) is 0.464. The van der Waals surface area contributed by atoms with Gasteiger partial charge in [-0.25, -0.2) is 0 Å². The van der Waals surface area contributed by atoms with Crippen LogP contribution in [-0.2, 0) is 11.2 Å². The molecule has 0 fully saturated rings. The fraction of sp³-hybridized carbons (Fsp3) is 0.571. The Kier molecular flexibility index (Phi) is 5.47. The van der Waals surface area contributed by atoms with Crippen LogP contribution in [0.15, 0.2) is 22.8 Å². The number of Topliss-reactive ketones (excluding diaryl/α,β-unsaturated/α-hetero) is 1. The van der Waals surface area contributed by atoms with Gasteiger partial charge in [-0.2, -0.15) is 0 Å². The molecule has 0 saturated heterocycles. The van der Waals surface area contributed by atoms with Crippen LogP contribution >= 0.6 is 15.9 Å². The second kappa shape index (κ2) is 6.43. The predicted molar refractivity (Wildman–Crippen MR) is 77.6 cm³/mol. The van der Waals surface area contributed by atoms with Gasteiger partial charge in [-0.3, -0.25) is 14.7 Å². The molecule has 1 aromatic heterocycles. The molecule has 1 heterocycles. The molecule has 3 nitrogen and oxygen atoms in total. The molecule has 0 saturated carbocycles. The van der Waals surface area contributed by atoms with Crippen molar-refractivity contribution in [2.24, 2.45) is 0 Å². The summed E-state index contributed by atoms with van der Waals surface area (Å²) >= 11 is 3.35. The van der Waals surface area contributed by atoms with Crippen LogP contribution < -0.4 is 0 Å². The highest BCUT2D eigenvalue weighted by atomic mass is 79.9. The largest absolute Gasteiger partial charge is 0.297 e. The number of hydrogen-bond acceptors (Lipinski definition) is 3. The summed E-state index contributed by atoms with van der Waals surface area (Å²) in [6, 6.07) is 3.82. The van der Waals surface area contributed by atoms with E-state index in [-0.39, 0.29) is 11.3 Å². The minimum absolute atomic E-state index is 0.243. The van der Waals surface area contributed by atoms with Crippen LogP contribution in [0.5, 0.6) is 0 Å². The summed E-state index contributed by atoms with van der Waals surface area (Å²) in [6.07, 6.45) is 3.78. The Labute approximate surface area is 118 Å². The van der Waals surface area contributed by atoms with Crippen LogP contribution in [0.2, 0.25) is 0 Å². The zero-order chi connectivity index (χ0) is 13.8. The highest BCUT2D eigenvalue weighted by Crippen LogP contribution is 2.24. The van der Waals surface area contributed by atoms with Crippen molar-refractivity contribution < 1.29 is 4.79 Å². The molecule has 0 atom stereocenters. The van der Waals surface area contributed by atoms with E-state index in [1.54, 1.807) is 6.20 Å². The summed E-state index contributed by atoms with van der Waals surface area (Å²) in [5, 5.41) is 0. The molecule has 0 aromatic carbocycles. The van der Waals surface area contributed by atoms with Crippen LogP contribution in [-0.4, -0.2) is 35.3 Å². The first-order chi connectivity index (χ1) is 8.46. The van der Waals surface area contributed by atoms with Crippen molar-refractivity contribution in [3.8, 4) is 0 Å². The standard InChI is InChI=1S/C14H21BrN2O/c1-5-14(6-2,17(3)4)13(18)9-12-8-7-11(15)10-16-12/h7-8,10H,5-6,9H2,1-4H3. The van der Waals surface area contributed by atoms with E-state index in [9.17, 15) is 4.79 Å². The quantitative estimate of drug-likeness (QED) is 0.809. The van der Waals surface area contributed by atoms with Crippen LogP contribution in [0.4, 0.5) is 0 Å². The first kappa shape index (κ1) is 15.3. The van der Waals surface area contributed by atoms with Crippen LogP contribution in [0.1, 0.15) is 32.4 Å². The summed E-state index contributed by atoms with van der Waals surface area (Å²) < 4.78 is 0.934. The summed E-state index contributed by atoms with van der Waals surface area (Å²) in [4.78, 5) is 18.8. The molecular weight excluding hydrogens is 292 g/mol. The molecule has 0 amide bonds. The number of carbonyl (C=O) groups is 1. The molecule has 0 aliphatic carbocycles. The molecule has 1 aromatic rings. The molecule has 100 valence electrons. The van der Waals surface area contributed by atoms with Crippen molar-refractivity contribution in [2.45, 2.75) is 38.6 Å². The minimum Gasteiger partial charge on any atom is -0.297 e. The van der Waals surface area contributed by atoms with E-state index in [0.29, 0.717) is 6.42 Å². The summed E-state index contributed by atoms with van der Waals surface area (Å²) in [5.74, 6) is 0.243. The van der Waals surface area contributed by atoms with E-state index in [4.69, 9.17) is 0 Å². The third kappa shape index (κ3) is 3.18. The smallest absolute Gasteiger partial charge is 0.158 e. The van der Waals surface area contributed by atoms with Gasteiger partial charge in [0.2, 0.25) is 0 Å². The molecular formula is C14H21BrN2O. The van der Waals surface area contributed by atoms with Crippen molar-refractivity contribution in [2.75, 3.05) is 14.1 Å². The second-order valence-corrected chi connectivity index (χ2v) is 5.62. The summed E-state index contributed by atoms with van der Waals surface area (Å²) in [6.45, 7) is 4.13. The van der Waals surface area contributed by atoms with Crippen molar-refractivity contribution >= 4 is 21.7 Å². The van der Waals surface area contributed by atoms with E-state index in [1.165, 1.54) is 0 Å². The second-order valence-electron chi connectivity index (χ2n) is 4.70. The van der Waals surface area contributed by atoms with Gasteiger partial charge in [0.05, 0.1) is 12.0 Å². The maximum absolute atomic E-state index is 12.5. The van der Waals surface area contributed by atoms with Gasteiger partial charge in [0, 0.05) is 16.4 Å². The Morgan fingerprint density at radius 1 is 1.33 bits per heavy atom. The molecule has 1 rings (SSSR count). The van der Waals surface area contributed by atoms with Crippen LogP contribution in [0.3, 0.4) is 0 Å². The molecule has 18 heavy (non-hydrogen) atoms. The lowest BCUT2D eigenvalue weighted by atomic mass is 9.84. The first-order valence-corrected chi connectivity index (χ1v) is 7.06. The Balaban J connectivity index is 2.89. The normalized spacial score (nSPS) is 11.9. The van der Waals surface area contributed by atoms with Gasteiger partial charge >= 0.3 is 0 Å². The van der Waals surface area contributed by atoms with Crippen LogP contribution in [0, 0.1) is 0 Å². The highest BCUT2D eigenvalue weighted by molar-refractivity contribution is 9.10. The summed E-state index contributed by atoms with van der Waals surface area (Å²) in [7, 11) is 3.94. The molecule has 0 aliphatic heterocycles. The van der Waals surface area contributed by atoms with E-state index >= 15 is 0 Å². The Hall–Kier alpha value is -0.740. The number of aromatic nitrogens is 1. The van der Waals surface area contributed by atoms with Gasteiger partial charge in [-0.15, -0.1) is 0 Å². The van der Waals surface area contributed by atoms with E-state index in [2.05, 4.69) is 34.8 Å². The Bertz CT molecular complexity index is 397. The Morgan fingerprint density at radius 2 is 1.94 bits per heavy atom. The number of rotatable bonds is 6. The third-order valence-corrected chi connectivity index (χ3v) is 4.14. The lowest BCUT2D eigenvalue weighted by Gasteiger charge is -2.37. The number of nitrogens with zero attached hydrogens (tertiary/aromatic N) is 2. The number of carbonyl (C=O) groups excluding carboxylic acids is 1. The van der Waals surface area contributed by atoms with Gasteiger partial charge < -0.3 is 0 Å². The van der Waals surface area contributed by atoms with Crippen molar-refractivity contribution in [1.82, 2.24) is 9.88 Å². The van der Waals surface area contributed by atoms with Gasteiger partial charge in [0.25, 0.3) is 0 Å². The fourth-order valence-electron chi connectivity index (χ4n) is 2.37. The molecule has 0 unspecified atom stereocenters. The predicted octanol–water partition coefficient (Wildman–Crippen LogP) is 3.08. The zero-order valence-corrected chi connectivity index (χ0v) is 13.1. The van der Waals surface area contributed by atoms with Crippen molar-refractivity contribution in [1.29, 1.82) is 0 Å². The Morgan fingerprint density at radius 3 is 2.33 bits per heavy atom. The van der Waals surface area contributed by atoms with E-state index < -0.39 is 0 Å². The monoisotopic (exact) mass is 312 g/mol. The number of hydrogen-bond donors (Lipinski definition) is 0. The number of pyridine rings is 1. The topological polar surface area (TPSA) is 33.2 Å². The number of ketones is 1. The molecule has 0 bridgehead atoms. The first-order valence-electron chi connectivity index (χ1n) is 6.27. The van der Waals surface area contributed by atoms with E-state index in [0.717, 1.165) is 23.0 Å². The zero-order valence-electron chi connectivity index (χ0n) is 11.5. The molecule has 4 heteroatoms. The lowest BCUT2D eigenvalue weighted by molar-refractivity contribution is -0.129. The maximum atomic E-state index is 12.5. The average Bonchev–Trinajstić information content (AvgIpc) is 2.34. The maximum Gasteiger partial charge on any atom is 0.158 e. The van der Waals surface area contributed by atoms with Crippen molar-refractivity contribution in [3.05, 3.63) is 28.5 Å². The fourth-order valence-corrected chi connectivity index (χ4v) is 2.60. The van der Waals surface area contributed by atoms with Gasteiger partial charge in [0.1, 0.15) is 0 Å². The lowest BCUT2D eigenvalue weighted by Crippen LogP contribution is -2.51. The minimum atomic E-state index is -0.366. The SMILES string of the molecule is CCC(CC)(C(=O)Cc1ccc(Br)cn1)N(C)C. The molecule has 0 spiro atoms. The third-order valence-electron chi connectivity index (χ3n) is 3.68.